The fraction of sp³-hybridized carbons (Fsp3) is 0.429. The van der Waals surface area contributed by atoms with Crippen molar-refractivity contribution in [1.29, 1.82) is 0 Å². The second-order valence-corrected chi connectivity index (χ2v) is 3.02. The van der Waals surface area contributed by atoms with Crippen LogP contribution in [0.15, 0.2) is 15.7 Å². The lowest BCUT2D eigenvalue weighted by atomic mass is 10.4. The van der Waals surface area contributed by atoms with E-state index in [1.165, 1.54) is 6.92 Å². The molecular formula is C7H12N4O3. The van der Waals surface area contributed by atoms with Gasteiger partial charge in [0.15, 0.2) is 0 Å². The van der Waals surface area contributed by atoms with E-state index in [-0.39, 0.29) is 12.4 Å². The highest BCUT2D eigenvalue weighted by Crippen LogP contribution is 1.88. The maximum absolute atomic E-state index is 11.4. The van der Waals surface area contributed by atoms with Crippen molar-refractivity contribution in [2.75, 3.05) is 11.6 Å². The Labute approximate surface area is 79.2 Å². The standard InChI is InChI=1S/C7H12N4O3/c1-4(12)3-10-6(13)2-5(8)11(9)7(10)14/h2,4,12H,3,8-9H2,1H3. The second-order valence-electron chi connectivity index (χ2n) is 3.02. The van der Waals surface area contributed by atoms with Crippen molar-refractivity contribution in [2.24, 2.45) is 0 Å². The van der Waals surface area contributed by atoms with Crippen molar-refractivity contribution >= 4 is 5.82 Å². The van der Waals surface area contributed by atoms with Gasteiger partial charge in [-0.15, -0.1) is 0 Å². The number of anilines is 1. The monoisotopic (exact) mass is 200 g/mol. The largest absolute Gasteiger partial charge is 0.392 e. The van der Waals surface area contributed by atoms with Gasteiger partial charge in [-0.1, -0.05) is 0 Å². The van der Waals surface area contributed by atoms with Gasteiger partial charge in [-0.3, -0.25) is 9.36 Å². The molecule has 0 aliphatic heterocycles. The number of hydrogen-bond donors (Lipinski definition) is 3. The molecule has 0 radical (unpaired) electrons. The molecule has 5 N–H and O–H groups in total. The first-order valence-electron chi connectivity index (χ1n) is 3.99. The molecule has 0 saturated heterocycles. The first kappa shape index (κ1) is 10.3. The molecule has 1 aromatic heterocycles. The summed E-state index contributed by atoms with van der Waals surface area (Å²) in [7, 11) is 0. The van der Waals surface area contributed by atoms with E-state index < -0.39 is 17.4 Å². The van der Waals surface area contributed by atoms with Gasteiger partial charge in [-0.05, 0) is 6.92 Å². The van der Waals surface area contributed by atoms with E-state index in [0.717, 1.165) is 10.6 Å². The van der Waals surface area contributed by atoms with Crippen LogP contribution in [0.4, 0.5) is 5.82 Å². The summed E-state index contributed by atoms with van der Waals surface area (Å²) in [5.41, 5.74) is 3.97. The summed E-state index contributed by atoms with van der Waals surface area (Å²) in [6.07, 6.45) is -0.802. The zero-order chi connectivity index (χ0) is 10.9. The van der Waals surface area contributed by atoms with Gasteiger partial charge in [-0.25, -0.2) is 4.79 Å². The first-order valence-corrected chi connectivity index (χ1v) is 3.99. The van der Waals surface area contributed by atoms with E-state index in [0.29, 0.717) is 4.68 Å². The summed E-state index contributed by atoms with van der Waals surface area (Å²) < 4.78 is 1.48. The van der Waals surface area contributed by atoms with Gasteiger partial charge in [0.25, 0.3) is 5.56 Å². The van der Waals surface area contributed by atoms with Crippen LogP contribution in [-0.2, 0) is 6.54 Å². The third kappa shape index (κ3) is 1.77. The average Bonchev–Trinajstić information content (AvgIpc) is 2.09. The van der Waals surface area contributed by atoms with Crippen molar-refractivity contribution in [3.63, 3.8) is 0 Å². The topological polar surface area (TPSA) is 116 Å². The fourth-order valence-electron chi connectivity index (χ4n) is 1.04. The van der Waals surface area contributed by atoms with Crippen molar-refractivity contribution < 1.29 is 5.11 Å². The highest BCUT2D eigenvalue weighted by Gasteiger charge is 2.08. The van der Waals surface area contributed by atoms with Crippen molar-refractivity contribution in [3.05, 3.63) is 26.9 Å². The molecule has 0 fully saturated rings. The van der Waals surface area contributed by atoms with E-state index in [4.69, 9.17) is 16.7 Å². The van der Waals surface area contributed by atoms with Gasteiger partial charge >= 0.3 is 5.69 Å². The van der Waals surface area contributed by atoms with Crippen LogP contribution in [-0.4, -0.2) is 20.5 Å². The molecule has 78 valence electrons. The maximum atomic E-state index is 11.4. The van der Waals surface area contributed by atoms with Crippen LogP contribution in [0.3, 0.4) is 0 Å². The lowest BCUT2D eigenvalue weighted by molar-refractivity contribution is 0.169. The summed E-state index contributed by atoms with van der Waals surface area (Å²) in [5.74, 6) is 5.16. The van der Waals surface area contributed by atoms with Gasteiger partial charge in [0, 0.05) is 6.07 Å². The highest BCUT2D eigenvalue weighted by molar-refractivity contribution is 5.26. The zero-order valence-electron chi connectivity index (χ0n) is 7.67. The normalized spacial score (nSPS) is 12.7. The molecule has 7 nitrogen and oxygen atoms in total. The van der Waals surface area contributed by atoms with E-state index >= 15 is 0 Å². The summed E-state index contributed by atoms with van der Waals surface area (Å²) in [4.78, 5) is 22.6. The SMILES string of the molecule is CC(O)Cn1c(=O)cc(N)n(N)c1=O. The smallest absolute Gasteiger partial charge is 0.351 e. The lowest BCUT2D eigenvalue weighted by Gasteiger charge is -2.09. The fourth-order valence-corrected chi connectivity index (χ4v) is 1.04. The Bertz CT molecular complexity index is 445. The zero-order valence-corrected chi connectivity index (χ0v) is 7.67. The Morgan fingerprint density at radius 2 is 2.14 bits per heavy atom. The van der Waals surface area contributed by atoms with E-state index in [9.17, 15) is 9.59 Å². The quantitative estimate of drug-likeness (QED) is 0.464. The van der Waals surface area contributed by atoms with Crippen LogP contribution in [0.1, 0.15) is 6.92 Å². The molecule has 1 rings (SSSR count). The van der Waals surface area contributed by atoms with Gasteiger partial charge in [0.1, 0.15) is 5.82 Å². The minimum Gasteiger partial charge on any atom is -0.392 e. The molecule has 14 heavy (non-hydrogen) atoms. The van der Waals surface area contributed by atoms with Gasteiger partial charge in [-0.2, -0.15) is 4.68 Å². The molecule has 0 aromatic carbocycles. The predicted octanol–water partition coefficient (Wildman–Crippen LogP) is -2.31. The number of hydrogen-bond acceptors (Lipinski definition) is 5. The molecule has 0 spiro atoms. The van der Waals surface area contributed by atoms with Crippen LogP contribution in [0, 0.1) is 0 Å². The number of aromatic nitrogens is 2. The van der Waals surface area contributed by atoms with Crippen LogP contribution in [0.5, 0.6) is 0 Å². The van der Waals surface area contributed by atoms with Crippen LogP contribution in [0.25, 0.3) is 0 Å². The molecule has 0 aliphatic carbocycles. The van der Waals surface area contributed by atoms with Crippen LogP contribution in [0.2, 0.25) is 0 Å². The lowest BCUT2D eigenvalue weighted by Crippen LogP contribution is -2.45. The molecule has 1 heterocycles. The first-order chi connectivity index (χ1) is 6.43. The Morgan fingerprint density at radius 3 is 2.64 bits per heavy atom. The number of rotatable bonds is 2. The van der Waals surface area contributed by atoms with Gasteiger partial charge < -0.3 is 16.7 Å². The highest BCUT2D eigenvalue weighted by atomic mass is 16.3. The van der Waals surface area contributed by atoms with Crippen LogP contribution < -0.4 is 22.8 Å². The molecular weight excluding hydrogens is 188 g/mol. The van der Waals surface area contributed by atoms with E-state index in [1.807, 2.05) is 0 Å². The Morgan fingerprint density at radius 1 is 1.57 bits per heavy atom. The summed E-state index contributed by atoms with van der Waals surface area (Å²) in [6, 6.07) is 1.03. The number of aliphatic hydroxyl groups excluding tert-OH is 1. The molecule has 1 unspecified atom stereocenters. The van der Waals surface area contributed by atoms with Crippen LogP contribution >= 0.6 is 0 Å². The molecule has 0 amide bonds. The van der Waals surface area contributed by atoms with E-state index in [1.54, 1.807) is 0 Å². The molecule has 0 saturated carbocycles. The van der Waals surface area contributed by atoms with Crippen molar-refractivity contribution in [1.82, 2.24) is 9.24 Å². The Kier molecular flexibility index (Phi) is 2.61. The molecule has 7 heteroatoms. The number of aliphatic hydroxyl groups is 1. The molecule has 0 bridgehead atoms. The van der Waals surface area contributed by atoms with Crippen molar-refractivity contribution in [2.45, 2.75) is 19.6 Å². The van der Waals surface area contributed by atoms with E-state index in [2.05, 4.69) is 0 Å². The Hall–Kier alpha value is -1.76. The minimum atomic E-state index is -0.802. The van der Waals surface area contributed by atoms with Crippen molar-refractivity contribution in [3.8, 4) is 0 Å². The summed E-state index contributed by atoms with van der Waals surface area (Å²) in [5, 5.41) is 9.03. The number of nitrogens with zero attached hydrogens (tertiary/aromatic N) is 2. The maximum Gasteiger partial charge on any atom is 0.351 e. The molecule has 0 aliphatic rings. The summed E-state index contributed by atoms with van der Waals surface area (Å²) in [6.45, 7) is 1.36. The third-order valence-electron chi connectivity index (χ3n) is 1.70. The number of nitrogens with two attached hydrogens (primary N) is 2. The third-order valence-corrected chi connectivity index (χ3v) is 1.70. The minimum absolute atomic E-state index is 0.102. The number of nitrogen functional groups attached to an aromatic ring is 2. The average molecular weight is 200 g/mol. The molecule has 1 aromatic rings. The predicted molar refractivity (Wildman–Crippen MR) is 51.2 cm³/mol. The molecule has 1 atom stereocenters. The second kappa shape index (κ2) is 3.54. The summed E-state index contributed by atoms with van der Waals surface area (Å²) >= 11 is 0. The Balaban J connectivity index is 3.38. The van der Waals surface area contributed by atoms with Gasteiger partial charge in [0.05, 0.1) is 12.6 Å². The van der Waals surface area contributed by atoms with Gasteiger partial charge in [0.2, 0.25) is 0 Å².